The summed E-state index contributed by atoms with van der Waals surface area (Å²) < 4.78 is 39.2. The number of nitrogens with two attached hydrogens (primary N) is 1. The minimum Gasteiger partial charge on any atom is -0.271 e. The molecule has 0 aliphatic heterocycles. The predicted molar refractivity (Wildman–Crippen MR) is 51.7 cm³/mol. The SMILES string of the molecule is CCn1ncc(Br)c1C(NN)C(F)(F)F. The highest BCUT2D eigenvalue weighted by Crippen LogP contribution is 2.35. The van der Waals surface area contributed by atoms with Gasteiger partial charge in [0.25, 0.3) is 0 Å². The van der Waals surface area contributed by atoms with Crippen LogP contribution in [0.25, 0.3) is 0 Å². The molecule has 1 aromatic rings. The molecule has 86 valence electrons. The van der Waals surface area contributed by atoms with Gasteiger partial charge in [-0.2, -0.15) is 18.3 Å². The molecule has 0 amide bonds. The Hall–Kier alpha value is -0.600. The van der Waals surface area contributed by atoms with Crippen molar-refractivity contribution in [2.24, 2.45) is 5.84 Å². The molecule has 0 spiro atoms. The normalized spacial score (nSPS) is 14.3. The van der Waals surface area contributed by atoms with Crippen LogP contribution in [0.5, 0.6) is 0 Å². The van der Waals surface area contributed by atoms with Gasteiger partial charge in [0.15, 0.2) is 6.04 Å². The first-order valence-electron chi connectivity index (χ1n) is 4.15. The van der Waals surface area contributed by atoms with Crippen molar-refractivity contribution in [3.8, 4) is 0 Å². The van der Waals surface area contributed by atoms with E-state index in [2.05, 4.69) is 21.0 Å². The summed E-state index contributed by atoms with van der Waals surface area (Å²) in [6.45, 7) is 2.04. The second kappa shape index (κ2) is 4.50. The molecule has 0 bridgehead atoms. The molecule has 3 N–H and O–H groups in total. The van der Waals surface area contributed by atoms with Gasteiger partial charge in [-0.05, 0) is 22.9 Å². The average molecular weight is 287 g/mol. The van der Waals surface area contributed by atoms with Gasteiger partial charge in [-0.3, -0.25) is 10.5 Å². The average Bonchev–Trinajstić information content (AvgIpc) is 2.47. The number of rotatable bonds is 3. The lowest BCUT2D eigenvalue weighted by Crippen LogP contribution is -2.40. The molecule has 1 aromatic heterocycles. The molecule has 1 heterocycles. The molecule has 1 atom stereocenters. The molecule has 0 radical (unpaired) electrons. The van der Waals surface area contributed by atoms with E-state index in [0.29, 0.717) is 6.54 Å². The van der Waals surface area contributed by atoms with E-state index >= 15 is 0 Å². The third-order valence-corrected chi connectivity index (χ3v) is 2.51. The van der Waals surface area contributed by atoms with E-state index in [0.717, 1.165) is 0 Å². The smallest absolute Gasteiger partial charge is 0.271 e. The highest BCUT2D eigenvalue weighted by Gasteiger charge is 2.43. The van der Waals surface area contributed by atoms with Crippen LogP contribution >= 0.6 is 15.9 Å². The zero-order chi connectivity index (χ0) is 11.6. The van der Waals surface area contributed by atoms with E-state index in [-0.39, 0.29) is 10.2 Å². The lowest BCUT2D eigenvalue weighted by atomic mass is 10.2. The fraction of sp³-hybridized carbons (Fsp3) is 0.571. The number of nitrogens with one attached hydrogen (secondary N) is 1. The van der Waals surface area contributed by atoms with Crippen LogP contribution in [0, 0.1) is 0 Å². The standard InChI is InChI=1S/C7H10BrF3N4/c1-2-15-5(4(8)3-13-15)6(14-12)7(9,10)11/h3,6,14H,2,12H2,1H3. The van der Waals surface area contributed by atoms with Crippen molar-refractivity contribution in [2.45, 2.75) is 25.7 Å². The number of hydrogen-bond donors (Lipinski definition) is 2. The number of aryl methyl sites for hydroxylation is 1. The summed E-state index contributed by atoms with van der Waals surface area (Å²) in [5.74, 6) is 4.91. The van der Waals surface area contributed by atoms with Crippen LogP contribution in [0.3, 0.4) is 0 Å². The van der Waals surface area contributed by atoms with E-state index in [4.69, 9.17) is 5.84 Å². The number of hydrazine groups is 1. The largest absolute Gasteiger partial charge is 0.410 e. The summed E-state index contributed by atoms with van der Waals surface area (Å²) in [5, 5.41) is 3.79. The Morgan fingerprint density at radius 3 is 2.67 bits per heavy atom. The zero-order valence-corrected chi connectivity index (χ0v) is 9.43. The molecule has 4 nitrogen and oxygen atoms in total. The molecule has 15 heavy (non-hydrogen) atoms. The van der Waals surface area contributed by atoms with E-state index in [1.165, 1.54) is 10.9 Å². The van der Waals surface area contributed by atoms with Gasteiger partial charge in [0, 0.05) is 6.54 Å². The Labute approximate surface area is 92.7 Å². The minimum atomic E-state index is -4.45. The molecule has 0 aliphatic rings. The van der Waals surface area contributed by atoms with Crippen LogP contribution in [-0.4, -0.2) is 16.0 Å². The predicted octanol–water partition coefficient (Wildman–Crippen LogP) is 1.73. The first kappa shape index (κ1) is 12.5. The number of hydrogen-bond acceptors (Lipinski definition) is 3. The minimum absolute atomic E-state index is 0.0208. The third kappa shape index (κ3) is 2.50. The Kier molecular flexibility index (Phi) is 3.74. The van der Waals surface area contributed by atoms with Crippen molar-refractivity contribution >= 4 is 15.9 Å². The first-order valence-corrected chi connectivity index (χ1v) is 4.95. The summed E-state index contributed by atoms with van der Waals surface area (Å²) in [6.07, 6.45) is -3.14. The van der Waals surface area contributed by atoms with Crippen molar-refractivity contribution in [1.29, 1.82) is 0 Å². The van der Waals surface area contributed by atoms with Crippen LogP contribution in [0.15, 0.2) is 10.7 Å². The summed E-state index contributed by atoms with van der Waals surface area (Å²) in [4.78, 5) is 0. The molecule has 1 rings (SSSR count). The summed E-state index contributed by atoms with van der Waals surface area (Å²) in [5.41, 5.74) is 1.72. The van der Waals surface area contributed by atoms with Gasteiger partial charge in [-0.25, -0.2) is 5.43 Å². The monoisotopic (exact) mass is 286 g/mol. The van der Waals surface area contributed by atoms with E-state index in [9.17, 15) is 13.2 Å². The number of halogens is 4. The molecule has 0 fully saturated rings. The molecular weight excluding hydrogens is 277 g/mol. The quantitative estimate of drug-likeness (QED) is 0.657. The highest BCUT2D eigenvalue weighted by molar-refractivity contribution is 9.10. The molecule has 0 aromatic carbocycles. The highest BCUT2D eigenvalue weighted by atomic mass is 79.9. The second-order valence-corrected chi connectivity index (χ2v) is 3.69. The molecular formula is C7H10BrF3N4. The summed E-state index contributed by atoms with van der Waals surface area (Å²) in [6, 6.07) is -1.92. The fourth-order valence-corrected chi connectivity index (χ4v) is 1.76. The lowest BCUT2D eigenvalue weighted by molar-refractivity contribution is -0.159. The van der Waals surface area contributed by atoms with Gasteiger partial charge in [-0.1, -0.05) is 0 Å². The zero-order valence-electron chi connectivity index (χ0n) is 7.85. The van der Waals surface area contributed by atoms with Gasteiger partial charge in [-0.15, -0.1) is 0 Å². The first-order chi connectivity index (χ1) is 6.91. The number of alkyl halides is 3. The Morgan fingerprint density at radius 2 is 2.27 bits per heavy atom. The summed E-state index contributed by atoms with van der Waals surface area (Å²) >= 11 is 3.01. The van der Waals surface area contributed by atoms with Crippen molar-refractivity contribution in [1.82, 2.24) is 15.2 Å². The summed E-state index contributed by atoms with van der Waals surface area (Å²) in [7, 11) is 0. The lowest BCUT2D eigenvalue weighted by Gasteiger charge is -2.20. The Morgan fingerprint density at radius 1 is 1.67 bits per heavy atom. The van der Waals surface area contributed by atoms with E-state index in [1.807, 2.05) is 0 Å². The van der Waals surface area contributed by atoms with Gasteiger partial charge < -0.3 is 0 Å². The molecule has 8 heteroatoms. The van der Waals surface area contributed by atoms with Crippen LogP contribution in [-0.2, 0) is 6.54 Å². The Balaban J connectivity index is 3.16. The molecule has 0 aliphatic carbocycles. The van der Waals surface area contributed by atoms with Gasteiger partial charge >= 0.3 is 6.18 Å². The number of aromatic nitrogens is 2. The van der Waals surface area contributed by atoms with E-state index in [1.54, 1.807) is 12.3 Å². The van der Waals surface area contributed by atoms with Crippen molar-refractivity contribution in [2.75, 3.05) is 0 Å². The van der Waals surface area contributed by atoms with Gasteiger partial charge in [0.1, 0.15) is 0 Å². The van der Waals surface area contributed by atoms with Crippen molar-refractivity contribution < 1.29 is 13.2 Å². The van der Waals surface area contributed by atoms with Crippen LogP contribution < -0.4 is 11.3 Å². The third-order valence-electron chi connectivity index (χ3n) is 1.90. The second-order valence-electron chi connectivity index (χ2n) is 2.83. The van der Waals surface area contributed by atoms with Gasteiger partial charge in [0.2, 0.25) is 0 Å². The van der Waals surface area contributed by atoms with Gasteiger partial charge in [0.05, 0.1) is 16.4 Å². The van der Waals surface area contributed by atoms with Crippen LogP contribution in [0.1, 0.15) is 18.7 Å². The number of nitrogens with zero attached hydrogens (tertiary/aromatic N) is 2. The van der Waals surface area contributed by atoms with E-state index < -0.39 is 12.2 Å². The molecule has 0 saturated carbocycles. The Bertz CT molecular complexity index is 335. The maximum atomic E-state index is 12.6. The maximum Gasteiger partial charge on any atom is 0.410 e. The van der Waals surface area contributed by atoms with Crippen molar-refractivity contribution in [3.05, 3.63) is 16.4 Å². The topological polar surface area (TPSA) is 55.9 Å². The van der Waals surface area contributed by atoms with Crippen LogP contribution in [0.4, 0.5) is 13.2 Å². The maximum absolute atomic E-state index is 12.6. The van der Waals surface area contributed by atoms with Crippen LogP contribution in [0.2, 0.25) is 0 Å². The molecule has 1 unspecified atom stereocenters. The molecule has 0 saturated heterocycles. The fourth-order valence-electron chi connectivity index (χ4n) is 1.24. The van der Waals surface area contributed by atoms with Crippen molar-refractivity contribution in [3.63, 3.8) is 0 Å².